The van der Waals surface area contributed by atoms with Gasteiger partial charge in [0.1, 0.15) is 11.4 Å². The van der Waals surface area contributed by atoms with E-state index >= 15 is 0 Å². The van der Waals surface area contributed by atoms with E-state index in [0.29, 0.717) is 40.4 Å². The first kappa shape index (κ1) is 30.3. The molecule has 0 spiro atoms. The summed E-state index contributed by atoms with van der Waals surface area (Å²) in [4.78, 5) is 22.4. The predicted molar refractivity (Wildman–Crippen MR) is 165 cm³/mol. The van der Waals surface area contributed by atoms with Gasteiger partial charge in [0.25, 0.3) is 10.0 Å². The summed E-state index contributed by atoms with van der Waals surface area (Å²) in [5, 5.41) is 0. The molecule has 0 aliphatic carbocycles. The van der Waals surface area contributed by atoms with Crippen LogP contribution >= 0.6 is 0 Å². The number of benzene rings is 3. The Labute approximate surface area is 246 Å². The van der Waals surface area contributed by atoms with Crippen molar-refractivity contribution >= 4 is 33.0 Å². The van der Waals surface area contributed by atoms with Gasteiger partial charge in [0.05, 0.1) is 30.6 Å². The van der Waals surface area contributed by atoms with Crippen LogP contribution in [0.5, 0.6) is 11.6 Å². The predicted octanol–water partition coefficient (Wildman–Crippen LogP) is 6.03. The van der Waals surface area contributed by atoms with Crippen molar-refractivity contribution in [2.24, 2.45) is 16.6 Å². The number of aryl methyl sites for hydroxylation is 1. The molecule has 3 N–H and O–H groups in total. The number of ketones is 1. The number of carbonyl (C=O) groups excluding carboxylic acids is 1. The van der Waals surface area contributed by atoms with Gasteiger partial charge < -0.3 is 15.2 Å². The molecular weight excluding hydrogens is 552 g/mol. The Balaban J connectivity index is 1.67. The highest BCUT2D eigenvalue weighted by molar-refractivity contribution is 7.92. The van der Waals surface area contributed by atoms with E-state index in [4.69, 9.17) is 15.2 Å². The summed E-state index contributed by atoms with van der Waals surface area (Å²) in [5.74, 6) is 0.632. The molecule has 1 unspecified atom stereocenters. The van der Waals surface area contributed by atoms with Gasteiger partial charge in [-0.25, -0.2) is 18.4 Å². The first-order valence-electron chi connectivity index (χ1n) is 13.4. The van der Waals surface area contributed by atoms with Gasteiger partial charge in [-0.2, -0.15) is 0 Å². The fourth-order valence-corrected chi connectivity index (χ4v) is 5.48. The van der Waals surface area contributed by atoms with Crippen molar-refractivity contribution in [1.29, 1.82) is 0 Å². The van der Waals surface area contributed by atoms with Crippen molar-refractivity contribution in [3.8, 4) is 22.8 Å². The second-order valence-electron chi connectivity index (χ2n) is 9.84. The van der Waals surface area contributed by atoms with E-state index in [1.165, 1.54) is 26.4 Å². The Morgan fingerprint density at radius 2 is 1.69 bits per heavy atom. The Hall–Kier alpha value is -4.70. The second-order valence-corrected chi connectivity index (χ2v) is 11.5. The van der Waals surface area contributed by atoms with E-state index < -0.39 is 10.0 Å². The zero-order valence-electron chi connectivity index (χ0n) is 24.0. The summed E-state index contributed by atoms with van der Waals surface area (Å²) in [7, 11) is -1.05. The quantitative estimate of drug-likeness (QED) is 0.118. The van der Waals surface area contributed by atoms with Crippen LogP contribution in [0.1, 0.15) is 36.2 Å². The smallest absolute Gasteiger partial charge is 0.262 e. The number of aliphatic imine (C=N–C) groups is 1. The van der Waals surface area contributed by atoms with Crippen LogP contribution in [0.25, 0.3) is 11.1 Å². The maximum Gasteiger partial charge on any atom is 0.262 e. The number of nitrogens with two attached hydrogens (primary N) is 1. The third-order valence-corrected chi connectivity index (χ3v) is 8.09. The molecule has 1 atom stereocenters. The Bertz CT molecular complexity index is 1680. The summed E-state index contributed by atoms with van der Waals surface area (Å²) in [6, 6.07) is 22.9. The highest BCUT2D eigenvalue weighted by atomic mass is 32.2. The standard InChI is InChI=1S/C32H34N4O5S/c1-21(10-11-23-8-6-5-7-9-23)31(37)28-18-24(12-17-29(28)35-22(2)33)25-19-30(32(41-4)34-20-25)36-42(38,39)27-15-13-26(40-3)14-16-27/h5-9,12-21,36H,10-11H2,1-4H3,(H2,33,35). The molecule has 0 saturated heterocycles. The van der Waals surface area contributed by atoms with Gasteiger partial charge in [-0.15, -0.1) is 0 Å². The molecule has 0 fully saturated rings. The van der Waals surface area contributed by atoms with Crippen molar-refractivity contribution < 1.29 is 22.7 Å². The molecule has 0 saturated carbocycles. The molecule has 0 aliphatic heterocycles. The number of hydrogen-bond acceptors (Lipinski definition) is 7. The number of sulfonamides is 1. The third kappa shape index (κ3) is 7.32. The molecule has 0 amide bonds. The normalized spacial score (nSPS) is 12.4. The molecule has 1 heterocycles. The fourth-order valence-electron chi connectivity index (χ4n) is 4.43. The number of carbonyl (C=O) groups is 1. The number of amidine groups is 1. The summed E-state index contributed by atoms with van der Waals surface area (Å²) in [6.45, 7) is 3.57. The molecule has 0 aliphatic rings. The van der Waals surface area contributed by atoms with Crippen LogP contribution in [0.3, 0.4) is 0 Å². The average molecular weight is 587 g/mol. The minimum Gasteiger partial charge on any atom is -0.497 e. The highest BCUT2D eigenvalue weighted by Crippen LogP contribution is 2.34. The molecule has 10 heteroatoms. The van der Waals surface area contributed by atoms with Crippen LogP contribution in [-0.2, 0) is 16.4 Å². The van der Waals surface area contributed by atoms with Crippen LogP contribution < -0.4 is 19.9 Å². The molecule has 0 radical (unpaired) electrons. The Morgan fingerprint density at radius 3 is 2.33 bits per heavy atom. The molecule has 3 aromatic carbocycles. The number of Topliss-reactive ketones (excluding diaryl/α,β-unsaturated/α-hetero) is 1. The topological polar surface area (TPSA) is 133 Å². The Kier molecular flexibility index (Phi) is 9.59. The maximum atomic E-state index is 13.7. The highest BCUT2D eigenvalue weighted by Gasteiger charge is 2.21. The van der Waals surface area contributed by atoms with Gasteiger partial charge >= 0.3 is 0 Å². The molecule has 218 valence electrons. The molecule has 0 bridgehead atoms. The zero-order chi connectivity index (χ0) is 30.3. The first-order valence-corrected chi connectivity index (χ1v) is 14.8. The van der Waals surface area contributed by atoms with E-state index in [0.717, 1.165) is 12.0 Å². The number of rotatable bonds is 12. The lowest BCUT2D eigenvalue weighted by atomic mass is 9.91. The van der Waals surface area contributed by atoms with Crippen molar-refractivity contribution in [3.63, 3.8) is 0 Å². The van der Waals surface area contributed by atoms with E-state index in [2.05, 4.69) is 14.7 Å². The van der Waals surface area contributed by atoms with Crippen LogP contribution in [0.4, 0.5) is 11.4 Å². The first-order chi connectivity index (χ1) is 20.1. The number of methoxy groups -OCH3 is 2. The SMILES string of the molecule is COc1ccc(S(=O)(=O)Nc2cc(-c3ccc(N=C(C)N)c(C(=O)C(C)CCc4ccccc4)c3)cnc2OC)cc1. The molecule has 4 rings (SSSR count). The lowest BCUT2D eigenvalue weighted by Gasteiger charge is -2.15. The van der Waals surface area contributed by atoms with Crippen LogP contribution in [0, 0.1) is 5.92 Å². The van der Waals surface area contributed by atoms with E-state index in [1.807, 2.05) is 37.3 Å². The van der Waals surface area contributed by atoms with Crippen molar-refractivity contribution in [1.82, 2.24) is 4.98 Å². The van der Waals surface area contributed by atoms with E-state index in [-0.39, 0.29) is 28.2 Å². The van der Waals surface area contributed by atoms with Gasteiger partial charge in [-0.05, 0) is 73.4 Å². The lowest BCUT2D eigenvalue weighted by molar-refractivity contribution is 0.0925. The fraction of sp³-hybridized carbons (Fsp3) is 0.219. The summed E-state index contributed by atoms with van der Waals surface area (Å²) in [6.07, 6.45) is 2.99. The lowest BCUT2D eigenvalue weighted by Crippen LogP contribution is -2.14. The number of pyridine rings is 1. The van der Waals surface area contributed by atoms with Gasteiger partial charge in [-0.1, -0.05) is 43.3 Å². The molecular formula is C32H34N4O5S. The number of hydrogen-bond donors (Lipinski definition) is 2. The van der Waals surface area contributed by atoms with E-state index in [9.17, 15) is 13.2 Å². The van der Waals surface area contributed by atoms with Gasteiger partial charge in [0.15, 0.2) is 5.78 Å². The molecule has 42 heavy (non-hydrogen) atoms. The minimum atomic E-state index is -3.96. The molecule has 4 aromatic rings. The number of nitrogens with zero attached hydrogens (tertiary/aromatic N) is 2. The Morgan fingerprint density at radius 1 is 0.976 bits per heavy atom. The number of aromatic nitrogens is 1. The van der Waals surface area contributed by atoms with Crippen molar-refractivity contribution in [3.05, 3.63) is 96.2 Å². The van der Waals surface area contributed by atoms with Gasteiger partial charge in [-0.3, -0.25) is 9.52 Å². The van der Waals surface area contributed by atoms with Crippen LogP contribution in [-0.4, -0.2) is 39.2 Å². The molecule has 1 aromatic heterocycles. The monoisotopic (exact) mass is 586 g/mol. The number of nitrogens with one attached hydrogen (secondary N) is 1. The number of ether oxygens (including phenoxy) is 2. The largest absolute Gasteiger partial charge is 0.497 e. The van der Waals surface area contributed by atoms with Crippen molar-refractivity contribution in [2.75, 3.05) is 18.9 Å². The van der Waals surface area contributed by atoms with E-state index in [1.54, 1.807) is 49.5 Å². The van der Waals surface area contributed by atoms with Crippen molar-refractivity contribution in [2.45, 2.75) is 31.6 Å². The van der Waals surface area contributed by atoms with Gasteiger partial charge in [0, 0.05) is 23.2 Å². The maximum absolute atomic E-state index is 13.7. The zero-order valence-corrected chi connectivity index (χ0v) is 24.8. The second kappa shape index (κ2) is 13.3. The summed E-state index contributed by atoms with van der Waals surface area (Å²) >= 11 is 0. The van der Waals surface area contributed by atoms with Crippen LogP contribution in [0.2, 0.25) is 0 Å². The van der Waals surface area contributed by atoms with Crippen LogP contribution in [0.15, 0.2) is 94.9 Å². The third-order valence-electron chi connectivity index (χ3n) is 6.71. The summed E-state index contributed by atoms with van der Waals surface area (Å²) in [5.41, 5.74) is 9.31. The average Bonchev–Trinajstić information content (AvgIpc) is 2.99. The number of anilines is 1. The molecule has 9 nitrogen and oxygen atoms in total. The summed E-state index contributed by atoms with van der Waals surface area (Å²) < 4.78 is 39.3. The van der Waals surface area contributed by atoms with Gasteiger partial charge in [0.2, 0.25) is 5.88 Å². The minimum absolute atomic E-state index is 0.0486.